The fourth-order valence-corrected chi connectivity index (χ4v) is 2.57. The summed E-state index contributed by atoms with van der Waals surface area (Å²) >= 11 is 6.27. The largest absolute Gasteiger partial charge is 0.494 e. The van der Waals surface area contributed by atoms with Crippen molar-refractivity contribution in [3.63, 3.8) is 0 Å². The molecule has 0 aliphatic carbocycles. The Morgan fingerprint density at radius 2 is 1.96 bits per heavy atom. The molecule has 24 heavy (non-hydrogen) atoms. The lowest BCUT2D eigenvalue weighted by Crippen LogP contribution is -1.95. The Hall–Kier alpha value is -2.39. The molecular weight excluding hydrogens is 320 g/mol. The van der Waals surface area contributed by atoms with E-state index in [9.17, 15) is 0 Å². The van der Waals surface area contributed by atoms with Crippen LogP contribution in [0.15, 0.2) is 59.6 Å². The summed E-state index contributed by atoms with van der Waals surface area (Å²) in [6.45, 7) is 3.41. The number of ether oxygens (including phenoxy) is 1. The minimum absolute atomic E-state index is 0.460. The first kappa shape index (κ1) is 16.5. The van der Waals surface area contributed by atoms with Crippen LogP contribution in [0.5, 0.6) is 5.75 Å². The van der Waals surface area contributed by atoms with Crippen molar-refractivity contribution >= 4 is 28.7 Å². The highest BCUT2D eigenvalue weighted by molar-refractivity contribution is 6.32. The summed E-state index contributed by atoms with van der Waals surface area (Å²) in [5.41, 5.74) is 2.82. The molecule has 1 heterocycles. The molecule has 0 saturated carbocycles. The maximum Gasteiger partial charge on any atom is 0.138 e. The van der Waals surface area contributed by atoms with Gasteiger partial charge in [0.1, 0.15) is 10.9 Å². The molecule has 0 aliphatic rings. The number of halogens is 1. The number of benzene rings is 2. The van der Waals surface area contributed by atoms with Gasteiger partial charge in [-0.15, -0.1) is 0 Å². The van der Waals surface area contributed by atoms with Gasteiger partial charge in [0.15, 0.2) is 0 Å². The average Bonchev–Trinajstić information content (AvgIpc) is 2.61. The maximum atomic E-state index is 6.27. The molecule has 0 radical (unpaired) electrons. The summed E-state index contributed by atoms with van der Waals surface area (Å²) in [5.74, 6) is 0.848. The number of pyridine rings is 1. The van der Waals surface area contributed by atoms with Crippen LogP contribution in [0.25, 0.3) is 10.9 Å². The van der Waals surface area contributed by atoms with E-state index in [1.807, 2.05) is 42.5 Å². The van der Waals surface area contributed by atoms with E-state index in [4.69, 9.17) is 16.3 Å². The van der Waals surface area contributed by atoms with Gasteiger partial charge in [-0.05, 0) is 36.2 Å². The van der Waals surface area contributed by atoms with Gasteiger partial charge in [-0.2, -0.15) is 0 Å². The van der Waals surface area contributed by atoms with Crippen molar-refractivity contribution < 1.29 is 4.74 Å². The van der Waals surface area contributed by atoms with E-state index in [-0.39, 0.29) is 0 Å². The highest BCUT2D eigenvalue weighted by Crippen LogP contribution is 2.24. The zero-order valence-electron chi connectivity index (χ0n) is 13.6. The summed E-state index contributed by atoms with van der Waals surface area (Å²) in [5, 5.41) is 1.45. The summed E-state index contributed by atoms with van der Waals surface area (Å²) in [7, 11) is 0. The lowest BCUT2D eigenvalue weighted by atomic mass is 10.1. The Labute approximate surface area is 147 Å². The molecule has 3 aromatic rings. The Morgan fingerprint density at radius 1 is 1.12 bits per heavy atom. The van der Waals surface area contributed by atoms with Gasteiger partial charge in [-0.1, -0.05) is 48.9 Å². The number of nitrogens with zero attached hydrogens (tertiary/aromatic N) is 2. The first-order chi connectivity index (χ1) is 11.8. The van der Waals surface area contributed by atoms with E-state index >= 15 is 0 Å². The van der Waals surface area contributed by atoms with E-state index in [2.05, 4.69) is 29.0 Å². The molecule has 4 heteroatoms. The third-order valence-corrected chi connectivity index (χ3v) is 3.89. The molecule has 0 saturated heterocycles. The van der Waals surface area contributed by atoms with E-state index in [1.54, 1.807) is 6.21 Å². The molecule has 1 aromatic heterocycles. The second-order valence-corrected chi connectivity index (χ2v) is 5.88. The summed E-state index contributed by atoms with van der Waals surface area (Å²) in [6, 6.07) is 17.9. The van der Waals surface area contributed by atoms with Crippen molar-refractivity contribution in [3.05, 3.63) is 70.9 Å². The summed E-state index contributed by atoms with van der Waals surface area (Å²) < 4.78 is 5.68. The molecule has 0 fully saturated rings. The number of rotatable bonds is 6. The van der Waals surface area contributed by atoms with Crippen LogP contribution in [-0.2, 0) is 6.54 Å². The van der Waals surface area contributed by atoms with Gasteiger partial charge in [-0.25, -0.2) is 4.98 Å². The van der Waals surface area contributed by atoms with Crippen LogP contribution in [0.3, 0.4) is 0 Å². The van der Waals surface area contributed by atoms with E-state index in [1.165, 1.54) is 0 Å². The predicted molar refractivity (Wildman–Crippen MR) is 100 cm³/mol. The molecular formula is C20H19ClN2O. The molecule has 3 nitrogen and oxygen atoms in total. The lowest BCUT2D eigenvalue weighted by molar-refractivity contribution is 0.318. The molecule has 0 aliphatic heterocycles. The maximum absolute atomic E-state index is 6.27. The highest BCUT2D eigenvalue weighted by Gasteiger charge is 2.05. The summed E-state index contributed by atoms with van der Waals surface area (Å²) in [6.07, 6.45) is 2.76. The standard InChI is InChI=1S/C20H19ClN2O/c1-2-10-24-18-8-9-19-16(12-18)11-17(20(21)23-19)14-22-13-15-6-4-3-5-7-15/h3-9,11-12,14H,2,10,13H2,1H3. The number of fused-ring (bicyclic) bond motifs is 1. The Balaban J connectivity index is 1.82. The molecule has 0 bridgehead atoms. The molecule has 0 N–H and O–H groups in total. The van der Waals surface area contributed by atoms with Gasteiger partial charge in [0.2, 0.25) is 0 Å². The van der Waals surface area contributed by atoms with Crippen molar-refractivity contribution in [3.8, 4) is 5.75 Å². The smallest absolute Gasteiger partial charge is 0.138 e. The number of aliphatic imine (C=N–C) groups is 1. The molecule has 0 unspecified atom stereocenters. The third-order valence-electron chi connectivity index (χ3n) is 3.59. The topological polar surface area (TPSA) is 34.5 Å². The molecule has 3 rings (SSSR count). The van der Waals surface area contributed by atoms with E-state index in [0.29, 0.717) is 18.3 Å². The SMILES string of the molecule is CCCOc1ccc2nc(Cl)c(C=NCc3ccccc3)cc2c1. The fraction of sp³-hybridized carbons (Fsp3) is 0.200. The zero-order chi connectivity index (χ0) is 16.8. The quantitative estimate of drug-likeness (QED) is 0.451. The molecule has 122 valence electrons. The Kier molecular flexibility index (Phi) is 5.44. The van der Waals surface area contributed by atoms with Crippen molar-refractivity contribution in [2.45, 2.75) is 19.9 Å². The van der Waals surface area contributed by atoms with Crippen LogP contribution >= 0.6 is 11.6 Å². The predicted octanol–water partition coefficient (Wildman–Crippen LogP) is 5.30. The number of aromatic nitrogens is 1. The minimum atomic E-state index is 0.460. The van der Waals surface area contributed by atoms with Gasteiger partial charge in [0.05, 0.1) is 18.7 Å². The van der Waals surface area contributed by atoms with Gasteiger partial charge in [0, 0.05) is 17.2 Å². The fourth-order valence-electron chi connectivity index (χ4n) is 2.38. The minimum Gasteiger partial charge on any atom is -0.494 e. The van der Waals surface area contributed by atoms with Gasteiger partial charge >= 0.3 is 0 Å². The van der Waals surface area contributed by atoms with E-state index < -0.39 is 0 Å². The molecule has 0 spiro atoms. The first-order valence-electron chi connectivity index (χ1n) is 8.03. The number of hydrogen-bond acceptors (Lipinski definition) is 3. The van der Waals surface area contributed by atoms with Crippen molar-refractivity contribution in [2.24, 2.45) is 4.99 Å². The van der Waals surface area contributed by atoms with Crippen LogP contribution in [0.4, 0.5) is 0 Å². The second-order valence-electron chi connectivity index (χ2n) is 5.53. The van der Waals surface area contributed by atoms with Crippen LogP contribution < -0.4 is 4.74 Å². The van der Waals surface area contributed by atoms with E-state index in [0.717, 1.165) is 34.2 Å². The third kappa shape index (κ3) is 4.12. The zero-order valence-corrected chi connectivity index (χ0v) is 14.3. The first-order valence-corrected chi connectivity index (χ1v) is 8.41. The van der Waals surface area contributed by atoms with Gasteiger partial charge in [-0.3, -0.25) is 4.99 Å². The van der Waals surface area contributed by atoms with Crippen LogP contribution in [0, 0.1) is 0 Å². The lowest BCUT2D eigenvalue weighted by Gasteiger charge is -2.07. The molecule has 2 aromatic carbocycles. The Morgan fingerprint density at radius 3 is 2.75 bits per heavy atom. The van der Waals surface area contributed by atoms with Crippen LogP contribution in [-0.4, -0.2) is 17.8 Å². The highest BCUT2D eigenvalue weighted by atomic mass is 35.5. The van der Waals surface area contributed by atoms with Crippen molar-refractivity contribution in [2.75, 3.05) is 6.61 Å². The molecule has 0 atom stereocenters. The number of hydrogen-bond donors (Lipinski definition) is 0. The normalized spacial score (nSPS) is 11.2. The second kappa shape index (κ2) is 7.93. The monoisotopic (exact) mass is 338 g/mol. The average molecular weight is 339 g/mol. The van der Waals surface area contributed by atoms with Crippen molar-refractivity contribution in [1.82, 2.24) is 4.98 Å². The molecule has 0 amide bonds. The van der Waals surface area contributed by atoms with Crippen LogP contribution in [0.1, 0.15) is 24.5 Å². The van der Waals surface area contributed by atoms with Gasteiger partial charge in [0.25, 0.3) is 0 Å². The Bertz CT molecular complexity index is 847. The summed E-state index contributed by atoms with van der Waals surface area (Å²) in [4.78, 5) is 8.91. The van der Waals surface area contributed by atoms with Crippen LogP contribution in [0.2, 0.25) is 5.15 Å². The van der Waals surface area contributed by atoms with Gasteiger partial charge < -0.3 is 4.74 Å². The van der Waals surface area contributed by atoms with Crippen molar-refractivity contribution in [1.29, 1.82) is 0 Å².